The van der Waals surface area contributed by atoms with Crippen LogP contribution in [0, 0.1) is 0 Å². The fraction of sp³-hybridized carbons (Fsp3) is 0.750. The summed E-state index contributed by atoms with van der Waals surface area (Å²) in [7, 11) is -3.71. The lowest BCUT2D eigenvalue weighted by Gasteiger charge is -2.24. The smallest absolute Gasteiger partial charge is 0.326 e. The van der Waals surface area contributed by atoms with Gasteiger partial charge in [0.25, 0.3) is 0 Å². The molecule has 8 nitrogen and oxygen atoms in total. The van der Waals surface area contributed by atoms with Gasteiger partial charge in [-0.15, -0.1) is 0 Å². The number of aliphatic carboxylic acids is 1. The zero-order chi connectivity index (χ0) is 16.8. The van der Waals surface area contributed by atoms with Crippen LogP contribution in [-0.2, 0) is 29.0 Å². The highest BCUT2D eigenvalue weighted by Crippen LogP contribution is 2.16. The highest BCUT2D eigenvalue weighted by molar-refractivity contribution is 7.92. The number of esters is 1. The molecule has 0 rings (SSSR count). The Kier molecular flexibility index (Phi) is 6.81. The molecular weight excluding hydrogens is 302 g/mol. The number of carboxylic acids is 1. The van der Waals surface area contributed by atoms with E-state index < -0.39 is 38.5 Å². The molecule has 0 aromatic rings. The van der Waals surface area contributed by atoms with E-state index in [-0.39, 0.29) is 19.4 Å². The number of carbonyl (C=O) groups is 3. The summed E-state index contributed by atoms with van der Waals surface area (Å²) in [5.41, 5.74) is 0. The molecule has 122 valence electrons. The lowest BCUT2D eigenvalue weighted by molar-refractivity contribution is -0.145. The van der Waals surface area contributed by atoms with E-state index in [1.165, 1.54) is 13.8 Å². The van der Waals surface area contributed by atoms with Gasteiger partial charge in [0.2, 0.25) is 5.91 Å². The van der Waals surface area contributed by atoms with Gasteiger partial charge in [-0.3, -0.25) is 9.59 Å². The molecule has 0 unspecified atom stereocenters. The Balaban J connectivity index is 4.84. The lowest BCUT2D eigenvalue weighted by atomic mass is 10.1. The predicted molar refractivity (Wildman–Crippen MR) is 74.4 cm³/mol. The summed E-state index contributed by atoms with van der Waals surface area (Å²) in [5, 5.41) is 11.2. The average molecular weight is 323 g/mol. The van der Waals surface area contributed by atoms with E-state index in [1.807, 2.05) is 0 Å². The first-order valence-electron chi connectivity index (χ1n) is 6.32. The van der Waals surface area contributed by atoms with E-state index in [9.17, 15) is 22.8 Å². The van der Waals surface area contributed by atoms with Crippen LogP contribution in [0.1, 0.15) is 33.6 Å². The van der Waals surface area contributed by atoms with Crippen molar-refractivity contribution < 1.29 is 32.6 Å². The number of rotatable bonds is 8. The van der Waals surface area contributed by atoms with E-state index in [0.717, 1.165) is 6.26 Å². The van der Waals surface area contributed by atoms with E-state index >= 15 is 0 Å². The number of hydrogen-bond donors (Lipinski definition) is 2. The number of carboxylic acid groups (broad SMARTS) is 1. The third kappa shape index (κ3) is 5.70. The molecule has 0 aliphatic carbocycles. The molecule has 0 aliphatic heterocycles. The van der Waals surface area contributed by atoms with E-state index in [0.29, 0.717) is 0 Å². The molecule has 1 atom stereocenters. The molecule has 0 saturated heterocycles. The van der Waals surface area contributed by atoms with Gasteiger partial charge in [-0.25, -0.2) is 13.2 Å². The lowest BCUT2D eigenvalue weighted by Crippen LogP contribution is -2.52. The fourth-order valence-corrected chi connectivity index (χ4v) is 1.65. The number of carbonyl (C=O) groups excluding carboxylic acids is 2. The number of sulfone groups is 1. The second-order valence-electron chi connectivity index (χ2n) is 4.99. The minimum absolute atomic E-state index is 0.171. The first-order chi connectivity index (χ1) is 9.43. The van der Waals surface area contributed by atoms with Crippen LogP contribution in [0.4, 0.5) is 0 Å². The van der Waals surface area contributed by atoms with Gasteiger partial charge in [0.15, 0.2) is 9.84 Å². The maximum Gasteiger partial charge on any atom is 0.326 e. The van der Waals surface area contributed by atoms with Crippen molar-refractivity contribution in [2.45, 2.75) is 44.4 Å². The molecule has 21 heavy (non-hydrogen) atoms. The molecular formula is C12H21NO7S. The third-order valence-corrected chi connectivity index (χ3v) is 5.06. The molecule has 0 spiro atoms. The van der Waals surface area contributed by atoms with Crippen molar-refractivity contribution in [3.8, 4) is 0 Å². The van der Waals surface area contributed by atoms with Gasteiger partial charge in [-0.2, -0.15) is 0 Å². The molecule has 0 bridgehead atoms. The number of amides is 1. The molecule has 0 radical (unpaired) electrons. The van der Waals surface area contributed by atoms with Crippen molar-refractivity contribution in [2.75, 3.05) is 12.9 Å². The summed E-state index contributed by atoms with van der Waals surface area (Å²) < 4.78 is 25.9. The maximum atomic E-state index is 11.9. The molecule has 0 aliphatic rings. The van der Waals surface area contributed by atoms with Crippen LogP contribution in [0.5, 0.6) is 0 Å². The second-order valence-corrected chi connectivity index (χ2v) is 7.56. The van der Waals surface area contributed by atoms with Gasteiger partial charge >= 0.3 is 11.9 Å². The van der Waals surface area contributed by atoms with Gasteiger partial charge in [0, 0.05) is 12.7 Å². The molecule has 0 aromatic heterocycles. The van der Waals surface area contributed by atoms with Gasteiger partial charge in [-0.1, -0.05) is 0 Å². The van der Waals surface area contributed by atoms with Crippen LogP contribution in [0.3, 0.4) is 0 Å². The van der Waals surface area contributed by atoms with Crippen molar-refractivity contribution in [1.82, 2.24) is 5.32 Å². The molecule has 0 fully saturated rings. The first kappa shape index (κ1) is 19.4. The second kappa shape index (κ2) is 7.39. The van der Waals surface area contributed by atoms with Crippen LogP contribution in [-0.4, -0.2) is 55.0 Å². The van der Waals surface area contributed by atoms with Crippen LogP contribution in [0.25, 0.3) is 0 Å². The summed E-state index contributed by atoms with van der Waals surface area (Å²) >= 11 is 0. The molecule has 0 heterocycles. The van der Waals surface area contributed by atoms with Crippen molar-refractivity contribution in [3.05, 3.63) is 0 Å². The Morgan fingerprint density at radius 2 is 1.81 bits per heavy atom. The topological polar surface area (TPSA) is 127 Å². The Morgan fingerprint density at radius 1 is 1.29 bits per heavy atom. The van der Waals surface area contributed by atoms with E-state index in [2.05, 4.69) is 10.1 Å². The minimum atomic E-state index is -3.71. The predicted octanol–water partition coefficient (Wildman–Crippen LogP) is -0.278. The van der Waals surface area contributed by atoms with Gasteiger partial charge in [-0.05, 0) is 27.2 Å². The summed E-state index contributed by atoms with van der Waals surface area (Å²) in [5.74, 6) is -2.86. The first-order valence-corrected chi connectivity index (χ1v) is 8.21. The highest BCUT2D eigenvalue weighted by Gasteiger charge is 2.40. The van der Waals surface area contributed by atoms with Crippen molar-refractivity contribution in [2.24, 2.45) is 0 Å². The summed E-state index contributed by atoms with van der Waals surface area (Å²) in [6.45, 7) is 4.15. The maximum absolute atomic E-state index is 11.9. The van der Waals surface area contributed by atoms with Crippen LogP contribution < -0.4 is 5.32 Å². The number of nitrogens with one attached hydrogen (secondary N) is 1. The van der Waals surface area contributed by atoms with E-state index in [4.69, 9.17) is 5.11 Å². The highest BCUT2D eigenvalue weighted by atomic mass is 32.2. The Hall–Kier alpha value is -1.64. The van der Waals surface area contributed by atoms with E-state index in [1.54, 1.807) is 6.92 Å². The van der Waals surface area contributed by atoms with Crippen molar-refractivity contribution in [3.63, 3.8) is 0 Å². The fourth-order valence-electron chi connectivity index (χ4n) is 1.25. The van der Waals surface area contributed by atoms with Crippen LogP contribution in [0.15, 0.2) is 0 Å². The van der Waals surface area contributed by atoms with Crippen LogP contribution >= 0.6 is 0 Å². The van der Waals surface area contributed by atoms with Crippen LogP contribution in [0.2, 0.25) is 0 Å². The average Bonchev–Trinajstić information content (AvgIpc) is 2.32. The summed E-state index contributed by atoms with van der Waals surface area (Å²) in [6.07, 6.45) is 0.519. The molecule has 1 amide bonds. The zero-order valence-electron chi connectivity index (χ0n) is 12.5. The molecule has 0 aromatic carbocycles. The quantitative estimate of drug-likeness (QED) is 0.588. The van der Waals surface area contributed by atoms with Crippen molar-refractivity contribution in [1.29, 1.82) is 0 Å². The molecule has 9 heteroatoms. The zero-order valence-corrected chi connectivity index (χ0v) is 13.3. The van der Waals surface area contributed by atoms with Gasteiger partial charge in [0.05, 0.1) is 6.61 Å². The number of hydrogen-bond acceptors (Lipinski definition) is 6. The molecule has 0 saturated carbocycles. The minimum Gasteiger partial charge on any atom is -0.480 e. The SMILES string of the molecule is CCOC(=O)CC[C@H](NC(=O)C(C)(C)S(C)(=O)=O)C(=O)O. The van der Waals surface area contributed by atoms with Gasteiger partial charge < -0.3 is 15.2 Å². The normalized spacial score (nSPS) is 13.3. The largest absolute Gasteiger partial charge is 0.480 e. The third-order valence-electron chi connectivity index (χ3n) is 3.02. The summed E-state index contributed by atoms with van der Waals surface area (Å²) in [6, 6.07) is -1.36. The van der Waals surface area contributed by atoms with Crippen molar-refractivity contribution >= 4 is 27.7 Å². The Labute approximate surface area is 123 Å². The Bertz CT molecular complexity index is 510. The standard InChI is InChI=1S/C12H21NO7S/c1-5-20-9(14)7-6-8(10(15)16)13-11(17)12(2,3)21(4,18)19/h8H,5-7H2,1-4H3,(H,13,17)(H,15,16)/t8-/m0/s1. The monoisotopic (exact) mass is 323 g/mol. The molecule has 2 N–H and O–H groups in total. The van der Waals surface area contributed by atoms with Gasteiger partial charge in [0.1, 0.15) is 10.8 Å². The Morgan fingerprint density at radius 3 is 2.19 bits per heavy atom. The number of ether oxygens (including phenoxy) is 1. The summed E-state index contributed by atoms with van der Waals surface area (Å²) in [4.78, 5) is 34.2.